The van der Waals surface area contributed by atoms with Crippen LogP contribution >= 0.6 is 23.2 Å². The van der Waals surface area contributed by atoms with Crippen molar-refractivity contribution < 1.29 is 9.59 Å². The quantitative estimate of drug-likeness (QED) is 0.633. The first-order valence-electron chi connectivity index (χ1n) is 8.00. The largest absolute Gasteiger partial charge is 0.398 e. The number of halogens is 2. The maximum Gasteiger partial charge on any atom is 0.220 e. The Kier molecular flexibility index (Phi) is 5.02. The number of anilines is 1. The molecule has 1 aliphatic rings. The number of aldehydes is 1. The molecule has 2 aromatic carbocycles. The van der Waals surface area contributed by atoms with Crippen molar-refractivity contribution in [2.24, 2.45) is 0 Å². The summed E-state index contributed by atoms with van der Waals surface area (Å²) >= 11 is 12.2. The highest BCUT2D eigenvalue weighted by Gasteiger charge is 2.44. The van der Waals surface area contributed by atoms with Crippen LogP contribution in [0.4, 0.5) is 5.69 Å². The van der Waals surface area contributed by atoms with Gasteiger partial charge in [-0.05, 0) is 41.8 Å². The number of rotatable bonds is 3. The van der Waals surface area contributed by atoms with Gasteiger partial charge in [0.1, 0.15) is 6.29 Å². The van der Waals surface area contributed by atoms with Crippen LogP contribution in [0.15, 0.2) is 42.5 Å². The molecule has 6 heteroatoms. The first kappa shape index (κ1) is 17.8. The second-order valence-corrected chi connectivity index (χ2v) is 7.17. The third-order valence-electron chi connectivity index (χ3n) is 4.85. The molecule has 0 radical (unpaired) electrons. The van der Waals surface area contributed by atoms with Crippen molar-refractivity contribution in [3.05, 3.63) is 63.6 Å². The highest BCUT2D eigenvalue weighted by molar-refractivity contribution is 6.31. The van der Waals surface area contributed by atoms with Gasteiger partial charge >= 0.3 is 0 Å². The number of nitrogen functional groups attached to an aromatic ring is 1. The van der Waals surface area contributed by atoms with Gasteiger partial charge in [-0.15, -0.1) is 0 Å². The van der Waals surface area contributed by atoms with Crippen LogP contribution < -0.4 is 11.1 Å². The number of carbonyl (C=O) groups excluding carboxylic acids is 2. The molecule has 130 valence electrons. The van der Waals surface area contributed by atoms with Gasteiger partial charge in [0.2, 0.25) is 5.91 Å². The molecular weight excluding hydrogens is 359 g/mol. The second-order valence-electron chi connectivity index (χ2n) is 6.30. The van der Waals surface area contributed by atoms with Crippen LogP contribution in [-0.2, 0) is 15.0 Å². The Labute approximate surface area is 156 Å². The van der Waals surface area contributed by atoms with Crippen molar-refractivity contribution in [2.45, 2.75) is 24.2 Å². The first-order chi connectivity index (χ1) is 12.0. The van der Waals surface area contributed by atoms with Crippen LogP contribution in [0.1, 0.15) is 29.9 Å². The fourth-order valence-corrected chi connectivity index (χ4v) is 4.02. The maximum absolute atomic E-state index is 12.4. The highest BCUT2D eigenvalue weighted by atomic mass is 35.5. The molecule has 0 aromatic heterocycles. The van der Waals surface area contributed by atoms with Crippen LogP contribution in [0.5, 0.6) is 0 Å². The minimum Gasteiger partial charge on any atom is -0.398 e. The Hall–Kier alpha value is -2.04. The third kappa shape index (κ3) is 3.37. The summed E-state index contributed by atoms with van der Waals surface area (Å²) in [4.78, 5) is 24.6. The number of nitrogens with two attached hydrogens (primary N) is 1. The van der Waals surface area contributed by atoms with Gasteiger partial charge in [0.15, 0.2) is 0 Å². The molecule has 25 heavy (non-hydrogen) atoms. The van der Waals surface area contributed by atoms with E-state index in [0.717, 1.165) is 11.8 Å². The molecule has 2 atom stereocenters. The van der Waals surface area contributed by atoms with E-state index in [9.17, 15) is 9.59 Å². The van der Waals surface area contributed by atoms with Crippen molar-refractivity contribution in [3.8, 4) is 0 Å². The first-order valence-corrected chi connectivity index (χ1v) is 8.76. The van der Waals surface area contributed by atoms with Gasteiger partial charge in [-0.1, -0.05) is 41.4 Å². The van der Waals surface area contributed by atoms with Crippen molar-refractivity contribution >= 4 is 41.1 Å². The fourth-order valence-electron chi connectivity index (χ4n) is 3.65. The molecular formula is C19H18Cl2N2O2. The molecule has 0 unspecified atom stereocenters. The number of carbonyl (C=O) groups is 2. The number of hydrogen-bond donors (Lipinski definition) is 2. The molecule has 0 spiro atoms. The lowest BCUT2D eigenvalue weighted by Gasteiger charge is -2.36. The average molecular weight is 377 g/mol. The van der Waals surface area contributed by atoms with Crippen LogP contribution in [-0.4, -0.2) is 18.7 Å². The van der Waals surface area contributed by atoms with E-state index in [2.05, 4.69) is 5.32 Å². The molecule has 3 N–H and O–H groups in total. The molecule has 0 aliphatic carbocycles. The standard InChI is InChI=1S/C19H18Cl2N2O2/c20-13-3-1-2-12(8-13)16-10-18(25)23-7-6-19(16,11-24)15-5-4-14(21)9-17(15)22/h1-5,8-9,11,16H,6-7,10,22H2,(H,23,25)/t16-,19-/m0/s1. The van der Waals surface area contributed by atoms with Crippen molar-refractivity contribution in [2.75, 3.05) is 12.3 Å². The minimum atomic E-state index is -0.932. The van der Waals surface area contributed by atoms with Crippen LogP contribution in [0.25, 0.3) is 0 Å². The molecule has 1 heterocycles. The van der Waals surface area contributed by atoms with E-state index >= 15 is 0 Å². The van der Waals surface area contributed by atoms with Crippen molar-refractivity contribution in [1.29, 1.82) is 0 Å². The molecule has 1 aliphatic heterocycles. The number of amides is 1. The molecule has 0 saturated carbocycles. The molecule has 1 fully saturated rings. The van der Waals surface area contributed by atoms with Crippen molar-refractivity contribution in [3.63, 3.8) is 0 Å². The lowest BCUT2D eigenvalue weighted by Crippen LogP contribution is -2.37. The minimum absolute atomic E-state index is 0.0961. The zero-order valence-corrected chi connectivity index (χ0v) is 15.0. The summed E-state index contributed by atoms with van der Waals surface area (Å²) in [6.07, 6.45) is 1.55. The average Bonchev–Trinajstić information content (AvgIpc) is 2.74. The van der Waals surface area contributed by atoms with Gasteiger partial charge in [-0.25, -0.2) is 0 Å². The molecule has 1 saturated heterocycles. The second kappa shape index (κ2) is 7.06. The Morgan fingerprint density at radius 3 is 2.60 bits per heavy atom. The van der Waals surface area contributed by atoms with E-state index < -0.39 is 5.41 Å². The lowest BCUT2D eigenvalue weighted by molar-refractivity contribution is -0.121. The van der Waals surface area contributed by atoms with Crippen LogP contribution in [0.2, 0.25) is 10.0 Å². The van der Waals surface area contributed by atoms with Gasteiger partial charge in [0.25, 0.3) is 0 Å². The molecule has 0 bridgehead atoms. The Bertz CT molecular complexity index is 825. The third-order valence-corrected chi connectivity index (χ3v) is 5.32. The molecule has 1 amide bonds. The van der Waals surface area contributed by atoms with Gasteiger partial charge in [0.05, 0.1) is 5.41 Å². The van der Waals surface area contributed by atoms with Gasteiger partial charge in [-0.3, -0.25) is 4.79 Å². The van der Waals surface area contributed by atoms with Gasteiger partial charge < -0.3 is 15.8 Å². The zero-order valence-electron chi connectivity index (χ0n) is 13.5. The summed E-state index contributed by atoms with van der Waals surface area (Å²) in [6.45, 7) is 0.400. The summed E-state index contributed by atoms with van der Waals surface area (Å²) in [5, 5.41) is 3.92. The van der Waals surface area contributed by atoms with E-state index in [4.69, 9.17) is 28.9 Å². The van der Waals surface area contributed by atoms with Crippen molar-refractivity contribution in [1.82, 2.24) is 5.32 Å². The molecule has 4 nitrogen and oxygen atoms in total. The smallest absolute Gasteiger partial charge is 0.220 e. The summed E-state index contributed by atoms with van der Waals surface area (Å²) in [7, 11) is 0. The number of nitrogens with one attached hydrogen (secondary N) is 1. The van der Waals surface area contributed by atoms with E-state index in [1.54, 1.807) is 30.3 Å². The predicted molar refractivity (Wildman–Crippen MR) is 100 cm³/mol. The SMILES string of the molecule is Nc1cc(Cl)ccc1[C@@]1(C=O)CCNC(=O)C[C@H]1c1cccc(Cl)c1. The maximum atomic E-state index is 12.4. The van der Waals surface area contributed by atoms with E-state index in [-0.39, 0.29) is 18.2 Å². The van der Waals surface area contributed by atoms with E-state index in [1.807, 2.05) is 12.1 Å². The Morgan fingerprint density at radius 1 is 1.16 bits per heavy atom. The predicted octanol–water partition coefficient (Wildman–Crippen LogP) is 3.71. The lowest BCUT2D eigenvalue weighted by atomic mass is 9.65. The van der Waals surface area contributed by atoms with Gasteiger partial charge in [0, 0.05) is 34.6 Å². The summed E-state index contributed by atoms with van der Waals surface area (Å²) in [5.41, 5.74) is 7.23. The normalized spacial score (nSPS) is 23.6. The fraction of sp³-hybridized carbons (Fsp3) is 0.263. The Morgan fingerprint density at radius 2 is 1.92 bits per heavy atom. The Balaban J connectivity index is 2.21. The molecule has 3 rings (SSSR count). The van der Waals surface area contributed by atoms with Gasteiger partial charge in [-0.2, -0.15) is 0 Å². The zero-order chi connectivity index (χ0) is 18.0. The number of benzene rings is 2. The number of hydrogen-bond acceptors (Lipinski definition) is 3. The topological polar surface area (TPSA) is 72.2 Å². The van der Waals surface area contributed by atoms with Crippen LogP contribution in [0.3, 0.4) is 0 Å². The summed E-state index contributed by atoms with van der Waals surface area (Å²) in [5.74, 6) is -0.462. The van der Waals surface area contributed by atoms with Crippen LogP contribution in [0, 0.1) is 0 Å². The van der Waals surface area contributed by atoms with E-state index in [1.165, 1.54) is 0 Å². The summed E-state index contributed by atoms with van der Waals surface area (Å²) in [6, 6.07) is 12.4. The highest BCUT2D eigenvalue weighted by Crippen LogP contribution is 2.46. The monoisotopic (exact) mass is 376 g/mol. The summed E-state index contributed by atoms with van der Waals surface area (Å²) < 4.78 is 0. The van der Waals surface area contributed by atoms with E-state index in [0.29, 0.717) is 34.3 Å². The molecule has 2 aromatic rings.